The van der Waals surface area contributed by atoms with Crippen molar-refractivity contribution in [3.8, 4) is 0 Å². The Morgan fingerprint density at radius 2 is 1.54 bits per heavy atom. The van der Waals surface area contributed by atoms with Crippen molar-refractivity contribution in [3.05, 3.63) is 63.1 Å². The molecule has 0 fully saturated rings. The highest BCUT2D eigenvalue weighted by atomic mass is 79.9. The first kappa shape index (κ1) is 30.5. The molecule has 204 valence electrons. The monoisotopic (exact) mass is 620 g/mol. The third-order valence-electron chi connectivity index (χ3n) is 5.07. The second kappa shape index (κ2) is 10.6. The maximum Gasteiger partial charge on any atom is 0.435 e. The molecule has 2 aromatic rings. The molecule has 0 unspecified atom stereocenters. The molecule has 0 aliphatic heterocycles. The van der Waals surface area contributed by atoms with E-state index >= 15 is 0 Å². The molecule has 0 saturated heterocycles. The van der Waals surface area contributed by atoms with Crippen LogP contribution in [0.5, 0.6) is 0 Å². The zero-order valence-corrected chi connectivity index (χ0v) is 21.7. The molecule has 0 heterocycles. The lowest BCUT2D eigenvalue weighted by Crippen LogP contribution is -2.50. The molecule has 0 aliphatic carbocycles. The number of nitrogens with one attached hydrogen (secondary N) is 2. The van der Waals surface area contributed by atoms with Crippen LogP contribution in [0.4, 0.5) is 36.4 Å². The number of benzene rings is 2. The normalized spacial score (nSPS) is 13.7. The van der Waals surface area contributed by atoms with E-state index in [-0.39, 0.29) is 38.7 Å². The molecule has 0 saturated carbocycles. The van der Waals surface area contributed by atoms with E-state index in [1.54, 1.807) is 0 Å². The summed E-state index contributed by atoms with van der Waals surface area (Å²) in [7, 11) is -3.44. The minimum absolute atomic E-state index is 0.147. The fourth-order valence-corrected chi connectivity index (χ4v) is 4.97. The van der Waals surface area contributed by atoms with E-state index in [4.69, 9.17) is 0 Å². The molecule has 6 nitrogen and oxygen atoms in total. The lowest BCUT2D eigenvalue weighted by atomic mass is 9.92. The summed E-state index contributed by atoms with van der Waals surface area (Å²) in [5.41, 5.74) is -8.35. The molecule has 0 spiro atoms. The smallest absolute Gasteiger partial charge is 0.349 e. The van der Waals surface area contributed by atoms with Crippen molar-refractivity contribution in [2.45, 2.75) is 37.9 Å². The number of rotatable bonds is 7. The van der Waals surface area contributed by atoms with E-state index in [0.717, 1.165) is 13.2 Å². The first-order valence-corrected chi connectivity index (χ1v) is 13.1. The van der Waals surface area contributed by atoms with Gasteiger partial charge in [-0.3, -0.25) is 9.59 Å². The Morgan fingerprint density at radius 1 is 0.973 bits per heavy atom. The highest BCUT2D eigenvalue weighted by Gasteiger charge is 2.73. The van der Waals surface area contributed by atoms with Gasteiger partial charge in [0, 0.05) is 28.0 Å². The Hall–Kier alpha value is -2.68. The molecule has 15 heteroatoms. The molecule has 0 aliphatic rings. The van der Waals surface area contributed by atoms with Gasteiger partial charge in [-0.05, 0) is 53.5 Å². The fraction of sp³-hybridized carbons (Fsp3) is 0.364. The van der Waals surface area contributed by atoms with Crippen molar-refractivity contribution in [1.82, 2.24) is 5.32 Å². The van der Waals surface area contributed by atoms with Gasteiger partial charge in [0.05, 0.1) is 16.9 Å². The summed E-state index contributed by atoms with van der Waals surface area (Å²) >= 11 is 3.12. The van der Waals surface area contributed by atoms with E-state index in [9.17, 15) is 48.7 Å². The lowest BCUT2D eigenvalue weighted by Gasteiger charge is -2.30. The number of amides is 2. The zero-order chi connectivity index (χ0) is 28.6. The fourth-order valence-electron chi connectivity index (χ4n) is 3.43. The molecule has 2 amide bonds. The van der Waals surface area contributed by atoms with Crippen molar-refractivity contribution in [3.63, 3.8) is 0 Å². The van der Waals surface area contributed by atoms with Crippen molar-refractivity contribution < 1.29 is 48.7 Å². The van der Waals surface area contributed by atoms with Gasteiger partial charge in [0.1, 0.15) is 9.84 Å². The minimum Gasteiger partial charge on any atom is -0.349 e. The van der Waals surface area contributed by atoms with Gasteiger partial charge in [-0.25, -0.2) is 12.8 Å². The summed E-state index contributed by atoms with van der Waals surface area (Å²) in [6.45, 7) is 2.49. The minimum atomic E-state index is -6.30. The molecule has 2 aromatic carbocycles. The largest absolute Gasteiger partial charge is 0.435 e. The van der Waals surface area contributed by atoms with Crippen LogP contribution >= 0.6 is 15.9 Å². The van der Waals surface area contributed by atoms with Gasteiger partial charge in [-0.2, -0.15) is 26.3 Å². The first-order chi connectivity index (χ1) is 16.7. The lowest BCUT2D eigenvalue weighted by molar-refractivity contribution is -0.348. The van der Waals surface area contributed by atoms with E-state index in [2.05, 4.69) is 26.6 Å². The predicted octanol–water partition coefficient (Wildman–Crippen LogP) is 5.46. The summed E-state index contributed by atoms with van der Waals surface area (Å²) < 4.78 is 116. The van der Waals surface area contributed by atoms with Gasteiger partial charge >= 0.3 is 18.0 Å². The van der Waals surface area contributed by atoms with E-state index in [1.807, 2.05) is 0 Å². The zero-order valence-electron chi connectivity index (χ0n) is 19.3. The number of carbonyl (C=O) groups excluding carboxylic acids is 2. The second-order valence-electron chi connectivity index (χ2n) is 8.27. The summed E-state index contributed by atoms with van der Waals surface area (Å²) in [6.07, 6.45) is -11.6. The number of aryl methyl sites for hydroxylation is 1. The standard InChI is InChI=1S/C22H20BrF7N2O4S/c1-11-9-13(20(24,21(25,26)27)22(28,29)30)7-8-16(11)32-18(33)14-5-4-6-15(23)17(14)19(34)31-12(2)10-37(3,35)36/h4-9,12H,10H2,1-3H3,(H,31,34)(H,32,33)/t12-/m0/s1. The summed E-state index contributed by atoms with van der Waals surface area (Å²) in [5.74, 6) is -2.17. The van der Waals surface area contributed by atoms with E-state index < -0.39 is 51.3 Å². The Labute approximate surface area is 215 Å². The molecule has 0 radical (unpaired) electrons. The first-order valence-electron chi connectivity index (χ1n) is 10.2. The molecule has 2 N–H and O–H groups in total. The third kappa shape index (κ3) is 6.80. The third-order valence-corrected chi connectivity index (χ3v) is 6.84. The van der Waals surface area contributed by atoms with Crippen LogP contribution in [0.3, 0.4) is 0 Å². The maximum absolute atomic E-state index is 14.3. The molecular formula is C22H20BrF7N2O4S. The summed E-state index contributed by atoms with van der Waals surface area (Å²) in [5, 5.41) is 4.71. The Kier molecular flexibility index (Phi) is 8.74. The van der Waals surface area contributed by atoms with Crippen LogP contribution in [0.2, 0.25) is 0 Å². The number of halogens is 8. The Morgan fingerprint density at radius 3 is 2.03 bits per heavy atom. The number of hydrogen-bond donors (Lipinski definition) is 2. The molecular weight excluding hydrogens is 601 g/mol. The van der Waals surface area contributed by atoms with Gasteiger partial charge in [-0.15, -0.1) is 0 Å². The Bertz CT molecular complexity index is 1300. The van der Waals surface area contributed by atoms with Crippen molar-refractivity contribution in [1.29, 1.82) is 0 Å². The summed E-state index contributed by atoms with van der Waals surface area (Å²) in [6, 6.07) is 4.45. The Balaban J connectivity index is 2.40. The van der Waals surface area contributed by atoms with Crippen molar-refractivity contribution >= 4 is 43.3 Å². The van der Waals surface area contributed by atoms with Crippen molar-refractivity contribution in [2.75, 3.05) is 17.3 Å². The van der Waals surface area contributed by atoms with Crippen LogP contribution in [0.15, 0.2) is 40.9 Å². The number of hydrogen-bond acceptors (Lipinski definition) is 4. The topological polar surface area (TPSA) is 92.3 Å². The van der Waals surface area contributed by atoms with Gasteiger partial charge in [0.15, 0.2) is 0 Å². The van der Waals surface area contributed by atoms with Gasteiger partial charge in [-0.1, -0.05) is 18.2 Å². The van der Waals surface area contributed by atoms with Crippen LogP contribution in [0.1, 0.15) is 38.8 Å². The average Bonchev–Trinajstić information content (AvgIpc) is 2.71. The van der Waals surface area contributed by atoms with Crippen LogP contribution in [0, 0.1) is 6.92 Å². The number of sulfone groups is 1. The van der Waals surface area contributed by atoms with Crippen molar-refractivity contribution in [2.24, 2.45) is 0 Å². The molecule has 0 bridgehead atoms. The predicted molar refractivity (Wildman–Crippen MR) is 125 cm³/mol. The number of carbonyl (C=O) groups is 2. The molecule has 0 aromatic heterocycles. The average molecular weight is 621 g/mol. The maximum atomic E-state index is 14.3. The highest BCUT2D eigenvalue weighted by Crippen LogP contribution is 2.53. The van der Waals surface area contributed by atoms with E-state index in [1.165, 1.54) is 25.1 Å². The molecule has 2 rings (SSSR count). The van der Waals surface area contributed by atoms with Gasteiger partial charge < -0.3 is 10.6 Å². The second-order valence-corrected chi connectivity index (χ2v) is 11.3. The van der Waals surface area contributed by atoms with E-state index in [0.29, 0.717) is 12.1 Å². The van der Waals surface area contributed by atoms with Crippen LogP contribution in [-0.2, 0) is 15.5 Å². The van der Waals surface area contributed by atoms with Crippen LogP contribution < -0.4 is 10.6 Å². The van der Waals surface area contributed by atoms with Gasteiger partial charge in [0.25, 0.3) is 11.8 Å². The SMILES string of the molecule is Cc1cc(C(F)(C(F)(F)F)C(F)(F)F)ccc1NC(=O)c1cccc(Br)c1C(=O)N[C@@H](C)CS(C)(=O)=O. The van der Waals surface area contributed by atoms with Crippen LogP contribution in [0.25, 0.3) is 0 Å². The summed E-state index contributed by atoms with van der Waals surface area (Å²) in [4.78, 5) is 25.7. The highest BCUT2D eigenvalue weighted by molar-refractivity contribution is 9.10. The molecule has 37 heavy (non-hydrogen) atoms. The number of anilines is 1. The number of alkyl halides is 7. The van der Waals surface area contributed by atoms with Gasteiger partial charge in [0.2, 0.25) is 0 Å². The van der Waals surface area contributed by atoms with Crippen LogP contribution in [-0.4, -0.2) is 50.6 Å². The quantitative estimate of drug-likeness (QED) is 0.402. The molecule has 1 atom stereocenters.